The lowest BCUT2D eigenvalue weighted by molar-refractivity contribution is 0.571. The summed E-state index contributed by atoms with van der Waals surface area (Å²) >= 11 is 0. The van der Waals surface area contributed by atoms with Gasteiger partial charge in [0, 0.05) is 50.9 Å². The Kier molecular flexibility index (Phi) is 15.4. The van der Waals surface area contributed by atoms with Gasteiger partial charge in [0.1, 0.15) is 0 Å². The van der Waals surface area contributed by atoms with Gasteiger partial charge in [0.15, 0.2) is 0 Å². The van der Waals surface area contributed by atoms with Crippen LogP contribution in [-0.2, 0) is 21.7 Å². The molecule has 0 unspecified atom stereocenters. The molecule has 8 rings (SSSR count). The zero-order valence-corrected chi connectivity index (χ0v) is 36.0. The Labute approximate surface area is 350 Å². The maximum Gasteiger partial charge on any atom is 0.0742 e. The zero-order valence-electron chi connectivity index (χ0n) is 36.0. The molecule has 4 aromatic heterocycles. The second kappa shape index (κ2) is 18.9. The number of aromatic nitrogens is 4. The monoisotopic (exact) mass is 775 g/mol. The smallest absolute Gasteiger partial charge is 0.0742 e. The minimum atomic E-state index is 0. The van der Waals surface area contributed by atoms with E-state index in [2.05, 4.69) is 206 Å². The average Bonchev–Trinajstić information content (AvgIpc) is 3.62. The first-order valence-electron chi connectivity index (χ1n) is 19.9. The molecule has 0 aliphatic carbocycles. The van der Waals surface area contributed by atoms with Gasteiger partial charge in [0.05, 0.1) is 16.6 Å². The Morgan fingerprint density at radius 3 is 1.64 bits per heavy atom. The van der Waals surface area contributed by atoms with E-state index in [4.69, 9.17) is 0 Å². The summed E-state index contributed by atoms with van der Waals surface area (Å²) in [4.78, 5) is 16.9. The Morgan fingerprint density at radius 2 is 1.02 bits per heavy atom. The van der Waals surface area contributed by atoms with Crippen LogP contribution in [0.2, 0.25) is 0 Å². The molecule has 0 spiro atoms. The number of rotatable bonds is 0. The van der Waals surface area contributed by atoms with Crippen LogP contribution in [0.1, 0.15) is 126 Å². The molecule has 4 nitrogen and oxygen atoms in total. The van der Waals surface area contributed by atoms with Crippen molar-refractivity contribution in [2.75, 3.05) is 0 Å². The van der Waals surface area contributed by atoms with E-state index < -0.39 is 0 Å². The summed E-state index contributed by atoms with van der Waals surface area (Å²) in [5.41, 5.74) is 11.5. The third kappa shape index (κ3) is 12.1. The third-order valence-electron chi connectivity index (χ3n) is 9.89. The normalized spacial score (nSPS) is 11.6. The van der Waals surface area contributed by atoms with Crippen LogP contribution >= 0.6 is 0 Å². The predicted octanol–water partition coefficient (Wildman–Crippen LogP) is 15.6. The summed E-state index contributed by atoms with van der Waals surface area (Å²) in [5.74, 6) is 0. The highest BCUT2D eigenvalue weighted by Gasteiger charge is 2.19. The number of para-hydroxylation sites is 3. The van der Waals surface area contributed by atoms with E-state index in [-0.39, 0.29) is 36.5 Å². The first kappa shape index (κ1) is 47.0. The summed E-state index contributed by atoms with van der Waals surface area (Å²) in [6, 6.07) is 42.3. The van der Waals surface area contributed by atoms with Crippen molar-refractivity contribution in [2.24, 2.45) is 0 Å². The van der Waals surface area contributed by atoms with Crippen molar-refractivity contribution in [2.45, 2.75) is 127 Å². The highest BCUT2D eigenvalue weighted by Crippen LogP contribution is 2.30. The molecule has 0 saturated carbocycles. The molecule has 8 aromatic rings. The van der Waals surface area contributed by atoms with E-state index in [0.717, 1.165) is 27.9 Å². The van der Waals surface area contributed by atoms with Gasteiger partial charge in [-0.15, -0.1) is 0 Å². The number of H-pyrrole nitrogens is 1. The first-order chi connectivity index (χ1) is 26.2. The van der Waals surface area contributed by atoms with Gasteiger partial charge in [-0.2, -0.15) is 0 Å². The summed E-state index contributed by atoms with van der Waals surface area (Å²) in [6.07, 6.45) is 3.84. The molecule has 4 heteroatoms. The number of aryl methyl sites for hydroxylation is 1. The van der Waals surface area contributed by atoms with Gasteiger partial charge >= 0.3 is 0 Å². The van der Waals surface area contributed by atoms with E-state index in [0.29, 0.717) is 0 Å². The highest BCUT2D eigenvalue weighted by atomic mass is 14.7. The number of fused-ring (bicyclic) bond motifs is 4. The molecule has 0 aliphatic heterocycles. The number of nitrogens with one attached hydrogen (secondary N) is 1. The summed E-state index contributed by atoms with van der Waals surface area (Å²) in [6.45, 7) is 28.6. The Balaban J connectivity index is 0.000000205. The molecule has 4 heterocycles. The van der Waals surface area contributed by atoms with Gasteiger partial charge in [-0.1, -0.05) is 177 Å². The number of nitrogens with zero attached hydrogens (tertiary/aromatic N) is 3. The molecule has 0 bridgehead atoms. The fourth-order valence-electron chi connectivity index (χ4n) is 6.56. The quantitative estimate of drug-likeness (QED) is 0.167. The van der Waals surface area contributed by atoms with Crippen LogP contribution in [0.25, 0.3) is 43.6 Å². The molecule has 0 radical (unpaired) electrons. The van der Waals surface area contributed by atoms with Crippen LogP contribution in [0, 0.1) is 6.92 Å². The van der Waals surface area contributed by atoms with Gasteiger partial charge in [-0.05, 0) is 87.7 Å². The Hall–Kier alpha value is -5.35. The molecule has 0 amide bonds. The second-order valence-electron chi connectivity index (χ2n) is 18.9. The van der Waals surface area contributed by atoms with Crippen molar-refractivity contribution in [1.29, 1.82) is 0 Å². The van der Waals surface area contributed by atoms with Crippen molar-refractivity contribution < 1.29 is 0 Å². The van der Waals surface area contributed by atoms with Gasteiger partial charge in [-0.3, -0.25) is 15.0 Å². The number of benzene rings is 4. The van der Waals surface area contributed by atoms with Crippen LogP contribution < -0.4 is 0 Å². The van der Waals surface area contributed by atoms with Crippen molar-refractivity contribution in [1.82, 2.24) is 19.9 Å². The zero-order chi connectivity index (χ0) is 40.9. The topological polar surface area (TPSA) is 54.5 Å². The van der Waals surface area contributed by atoms with Gasteiger partial charge in [0.2, 0.25) is 0 Å². The van der Waals surface area contributed by atoms with Gasteiger partial charge < -0.3 is 4.98 Å². The summed E-state index contributed by atoms with van der Waals surface area (Å²) in [7, 11) is 0. The fourth-order valence-corrected chi connectivity index (χ4v) is 6.56. The van der Waals surface area contributed by atoms with E-state index in [1.807, 2.05) is 37.5 Å². The highest BCUT2D eigenvalue weighted by molar-refractivity contribution is 5.84. The molecule has 4 aromatic carbocycles. The largest absolute Gasteiger partial charge is 0.361 e. The van der Waals surface area contributed by atoms with Gasteiger partial charge in [-0.25, -0.2) is 0 Å². The predicted molar refractivity (Wildman–Crippen MR) is 257 cm³/mol. The van der Waals surface area contributed by atoms with Gasteiger partial charge in [0.25, 0.3) is 0 Å². The third-order valence-corrected chi connectivity index (χ3v) is 9.89. The molecule has 0 saturated heterocycles. The standard InChI is InChI=1S/C14H17N.2C13H15N.C12H15N.2CH4/c1-10-8-9-11-6-5-7-12(13(11)15-10)14(2,3)4;1-13(2,3)11-8-4-6-10-7-5-9-14-12(10)11;1-13(2,3)12-9-8-10-6-4-5-7-11(10)14-12;1-12(2,3)10-4-5-11-9(8-10)6-7-13-11;;/h5-9H,1-4H3;2*4-9H,1-3H3;4-8,13H,1-3H3;2*1H4. The summed E-state index contributed by atoms with van der Waals surface area (Å²) in [5, 5.41) is 4.96. The Morgan fingerprint density at radius 1 is 0.448 bits per heavy atom. The fraction of sp³-hybridized carbons (Fsp3) is 0.352. The van der Waals surface area contributed by atoms with Crippen molar-refractivity contribution >= 4 is 43.6 Å². The molecular weight excluding hydrogens is 705 g/mol. The van der Waals surface area contributed by atoms with E-state index in [1.54, 1.807) is 0 Å². The van der Waals surface area contributed by atoms with Crippen LogP contribution in [-0.4, -0.2) is 19.9 Å². The molecule has 0 atom stereocenters. The van der Waals surface area contributed by atoms with E-state index in [1.165, 1.54) is 43.8 Å². The Bertz CT molecular complexity index is 2520. The lowest BCUT2D eigenvalue weighted by Crippen LogP contribution is -2.13. The van der Waals surface area contributed by atoms with Crippen LogP contribution in [0.3, 0.4) is 0 Å². The molecule has 0 aliphatic rings. The first-order valence-corrected chi connectivity index (χ1v) is 19.9. The van der Waals surface area contributed by atoms with E-state index >= 15 is 0 Å². The van der Waals surface area contributed by atoms with E-state index in [9.17, 15) is 0 Å². The summed E-state index contributed by atoms with van der Waals surface area (Å²) < 4.78 is 0. The average molecular weight is 775 g/mol. The lowest BCUT2D eigenvalue weighted by Gasteiger charge is -2.20. The molecular formula is C54H70N4. The minimum Gasteiger partial charge on any atom is -0.361 e. The lowest BCUT2D eigenvalue weighted by atomic mass is 9.85. The minimum absolute atomic E-state index is 0. The van der Waals surface area contributed by atoms with Crippen LogP contribution in [0.15, 0.2) is 134 Å². The van der Waals surface area contributed by atoms with Crippen molar-refractivity contribution in [3.63, 3.8) is 0 Å². The maximum atomic E-state index is 4.65. The molecule has 0 fully saturated rings. The second-order valence-corrected chi connectivity index (χ2v) is 18.9. The maximum absolute atomic E-state index is 4.65. The van der Waals surface area contributed by atoms with Crippen LogP contribution in [0.5, 0.6) is 0 Å². The molecule has 306 valence electrons. The molecule has 1 N–H and O–H groups in total. The van der Waals surface area contributed by atoms with Crippen molar-refractivity contribution in [3.8, 4) is 0 Å². The number of aromatic amines is 1. The van der Waals surface area contributed by atoms with Crippen LogP contribution in [0.4, 0.5) is 0 Å². The van der Waals surface area contributed by atoms with Crippen molar-refractivity contribution in [3.05, 3.63) is 162 Å². The number of hydrogen-bond donors (Lipinski definition) is 1. The number of pyridine rings is 3. The number of hydrogen-bond acceptors (Lipinski definition) is 3. The SMILES string of the molecule is C.C.CC(C)(C)c1ccc2[nH]ccc2c1.CC(C)(C)c1ccc2ccccc2n1.CC(C)(C)c1cccc2cccnc12.Cc1ccc2cccc(C(C)(C)C)c2n1. The molecule has 58 heavy (non-hydrogen) atoms.